The van der Waals surface area contributed by atoms with E-state index >= 15 is 0 Å². The Hall–Kier alpha value is -2.10. The van der Waals surface area contributed by atoms with Crippen molar-refractivity contribution >= 4 is 35.9 Å². The smallest absolute Gasteiger partial charge is 0.305 e. The summed E-state index contributed by atoms with van der Waals surface area (Å²) in [4.78, 5) is 20.1. The lowest BCUT2D eigenvalue weighted by Crippen LogP contribution is -2.37. The molecule has 1 aromatic carbocycles. The third-order valence-electron chi connectivity index (χ3n) is 4.14. The molecule has 0 saturated heterocycles. The second-order valence-corrected chi connectivity index (χ2v) is 6.37. The average molecular weight is 514 g/mol. The second-order valence-electron chi connectivity index (χ2n) is 6.37. The van der Waals surface area contributed by atoms with Crippen LogP contribution in [0.25, 0.3) is 11.5 Å². The van der Waals surface area contributed by atoms with Gasteiger partial charge in [0.2, 0.25) is 5.89 Å². The summed E-state index contributed by atoms with van der Waals surface area (Å²) in [5.74, 6) is 1.24. The number of unbranched alkanes of at least 4 members (excludes halogenated alkanes) is 3. The molecule has 7 nitrogen and oxygen atoms in total. The van der Waals surface area contributed by atoms with Crippen LogP contribution in [0.3, 0.4) is 0 Å². The lowest BCUT2D eigenvalue weighted by Gasteiger charge is -2.10. The third-order valence-corrected chi connectivity index (χ3v) is 4.14. The van der Waals surface area contributed by atoms with E-state index in [-0.39, 0.29) is 29.9 Å². The Morgan fingerprint density at radius 3 is 2.62 bits per heavy atom. The van der Waals surface area contributed by atoms with Crippen molar-refractivity contribution in [2.24, 2.45) is 4.99 Å². The van der Waals surface area contributed by atoms with Gasteiger partial charge < -0.3 is 19.8 Å². The molecule has 0 radical (unpaired) electrons. The van der Waals surface area contributed by atoms with Crippen LogP contribution in [0, 0.1) is 0 Å². The lowest BCUT2D eigenvalue weighted by molar-refractivity contribution is -0.140. The maximum atomic E-state index is 11.1. The van der Waals surface area contributed by atoms with Crippen LogP contribution in [0.15, 0.2) is 46.0 Å². The molecule has 0 aliphatic carbocycles. The molecule has 1 aromatic heterocycles. The quantitative estimate of drug-likeness (QED) is 0.154. The van der Waals surface area contributed by atoms with Gasteiger partial charge in [0.05, 0.1) is 13.7 Å². The van der Waals surface area contributed by atoms with Crippen molar-refractivity contribution in [3.63, 3.8) is 0 Å². The zero-order chi connectivity index (χ0) is 20.0. The van der Waals surface area contributed by atoms with Crippen LogP contribution in [0.4, 0.5) is 0 Å². The predicted molar refractivity (Wildman–Crippen MR) is 125 cm³/mol. The van der Waals surface area contributed by atoms with Gasteiger partial charge in [-0.25, -0.2) is 9.98 Å². The van der Waals surface area contributed by atoms with Crippen molar-refractivity contribution < 1.29 is 13.9 Å². The summed E-state index contributed by atoms with van der Waals surface area (Å²) in [6, 6.07) is 9.82. The molecule has 8 heteroatoms. The van der Waals surface area contributed by atoms with E-state index in [9.17, 15) is 4.79 Å². The standard InChI is InChI=1S/C21H30N4O3.HI/c1-3-22-21(23-14-10-5-4-9-13-19(26)27-2)24-15-18-16-28-20(25-18)17-11-7-6-8-12-17;/h6-8,11-12,16H,3-5,9-10,13-15H2,1-2H3,(H2,22,23,24);1H. The summed E-state index contributed by atoms with van der Waals surface area (Å²) in [5.41, 5.74) is 1.74. The van der Waals surface area contributed by atoms with Gasteiger partial charge in [0, 0.05) is 25.1 Å². The van der Waals surface area contributed by atoms with Gasteiger partial charge in [0.25, 0.3) is 0 Å². The Balaban J connectivity index is 0.00000420. The summed E-state index contributed by atoms with van der Waals surface area (Å²) in [6.45, 7) is 4.11. The molecular formula is C21H31IN4O3. The highest BCUT2D eigenvalue weighted by Crippen LogP contribution is 2.18. The summed E-state index contributed by atoms with van der Waals surface area (Å²) in [7, 11) is 1.43. The first-order valence-corrected chi connectivity index (χ1v) is 9.81. The number of rotatable bonds is 11. The van der Waals surface area contributed by atoms with E-state index in [1.807, 2.05) is 37.3 Å². The van der Waals surface area contributed by atoms with E-state index in [2.05, 4.69) is 25.3 Å². The number of carbonyl (C=O) groups is 1. The number of hydrogen-bond acceptors (Lipinski definition) is 5. The number of benzene rings is 1. The van der Waals surface area contributed by atoms with Crippen molar-refractivity contribution in [3.05, 3.63) is 42.3 Å². The van der Waals surface area contributed by atoms with Crippen LogP contribution in [-0.4, -0.2) is 37.1 Å². The monoisotopic (exact) mass is 514 g/mol. The molecule has 0 spiro atoms. The van der Waals surface area contributed by atoms with Crippen LogP contribution < -0.4 is 10.6 Å². The molecule has 1 heterocycles. The van der Waals surface area contributed by atoms with E-state index < -0.39 is 0 Å². The van der Waals surface area contributed by atoms with Gasteiger partial charge in [-0.15, -0.1) is 24.0 Å². The lowest BCUT2D eigenvalue weighted by atomic mass is 10.1. The number of methoxy groups -OCH3 is 1. The average Bonchev–Trinajstić information content (AvgIpc) is 3.20. The minimum Gasteiger partial charge on any atom is -0.469 e. The third kappa shape index (κ3) is 9.78. The molecule has 0 fully saturated rings. The topological polar surface area (TPSA) is 88.8 Å². The van der Waals surface area contributed by atoms with Crippen LogP contribution in [0.1, 0.15) is 44.7 Å². The number of hydrogen-bond donors (Lipinski definition) is 2. The molecule has 0 amide bonds. The van der Waals surface area contributed by atoms with Crippen LogP contribution in [0.5, 0.6) is 0 Å². The predicted octanol–water partition coefficient (Wildman–Crippen LogP) is 4.14. The van der Waals surface area contributed by atoms with Gasteiger partial charge in [-0.2, -0.15) is 0 Å². The van der Waals surface area contributed by atoms with Gasteiger partial charge >= 0.3 is 5.97 Å². The molecule has 2 N–H and O–H groups in total. The first-order valence-electron chi connectivity index (χ1n) is 9.81. The van der Waals surface area contributed by atoms with Gasteiger partial charge in [-0.3, -0.25) is 4.79 Å². The zero-order valence-electron chi connectivity index (χ0n) is 17.1. The van der Waals surface area contributed by atoms with Crippen molar-refractivity contribution in [2.45, 2.75) is 45.6 Å². The first-order chi connectivity index (χ1) is 13.7. The Morgan fingerprint density at radius 1 is 1.14 bits per heavy atom. The first kappa shape index (κ1) is 24.9. The van der Waals surface area contributed by atoms with Crippen LogP contribution >= 0.6 is 24.0 Å². The Labute approximate surface area is 189 Å². The number of nitrogens with zero attached hydrogens (tertiary/aromatic N) is 2. The zero-order valence-corrected chi connectivity index (χ0v) is 19.5. The van der Waals surface area contributed by atoms with E-state index in [1.165, 1.54) is 7.11 Å². The van der Waals surface area contributed by atoms with Crippen molar-refractivity contribution in [1.82, 2.24) is 15.6 Å². The minimum absolute atomic E-state index is 0. The largest absolute Gasteiger partial charge is 0.469 e. The van der Waals surface area contributed by atoms with Crippen LogP contribution in [0.2, 0.25) is 0 Å². The fourth-order valence-electron chi connectivity index (χ4n) is 2.65. The number of oxazole rings is 1. The van der Waals surface area contributed by atoms with Crippen molar-refractivity contribution in [1.29, 1.82) is 0 Å². The number of esters is 1. The van der Waals surface area contributed by atoms with E-state index in [1.54, 1.807) is 6.26 Å². The molecule has 0 saturated carbocycles. The molecule has 0 aliphatic rings. The fourth-order valence-corrected chi connectivity index (χ4v) is 2.65. The molecule has 2 aromatic rings. The highest BCUT2D eigenvalue weighted by Gasteiger charge is 2.06. The highest BCUT2D eigenvalue weighted by atomic mass is 127. The Morgan fingerprint density at radius 2 is 1.90 bits per heavy atom. The number of carbonyl (C=O) groups excluding carboxylic acids is 1. The number of ether oxygens (including phenoxy) is 1. The second kappa shape index (κ2) is 14.8. The SMILES string of the molecule is CCNC(=NCc1coc(-c2ccccc2)n1)NCCCCCCC(=O)OC.I. The Bertz CT molecular complexity index is 735. The fraction of sp³-hybridized carbons (Fsp3) is 0.476. The number of halogens is 1. The van der Waals surface area contributed by atoms with E-state index in [0.717, 1.165) is 56.0 Å². The summed E-state index contributed by atoms with van der Waals surface area (Å²) < 4.78 is 10.2. The summed E-state index contributed by atoms with van der Waals surface area (Å²) >= 11 is 0. The van der Waals surface area contributed by atoms with Gasteiger partial charge in [-0.05, 0) is 31.9 Å². The van der Waals surface area contributed by atoms with Crippen molar-refractivity contribution in [3.8, 4) is 11.5 Å². The molecule has 160 valence electrons. The van der Waals surface area contributed by atoms with Gasteiger partial charge in [0.1, 0.15) is 12.0 Å². The minimum atomic E-state index is -0.136. The maximum absolute atomic E-state index is 11.1. The van der Waals surface area contributed by atoms with Crippen molar-refractivity contribution in [2.75, 3.05) is 20.2 Å². The summed E-state index contributed by atoms with van der Waals surface area (Å²) in [5, 5.41) is 6.56. The number of aromatic nitrogens is 1. The molecule has 0 bridgehead atoms. The molecule has 0 aliphatic heterocycles. The molecule has 2 rings (SSSR count). The molecule has 0 unspecified atom stereocenters. The molecule has 0 atom stereocenters. The number of nitrogens with one attached hydrogen (secondary N) is 2. The summed E-state index contributed by atoms with van der Waals surface area (Å²) in [6.07, 6.45) is 6.12. The van der Waals surface area contributed by atoms with E-state index in [0.29, 0.717) is 18.9 Å². The van der Waals surface area contributed by atoms with Gasteiger partial charge in [0.15, 0.2) is 5.96 Å². The molecular weight excluding hydrogens is 483 g/mol. The molecule has 29 heavy (non-hydrogen) atoms. The maximum Gasteiger partial charge on any atom is 0.305 e. The Kier molecular flexibility index (Phi) is 12.8. The van der Waals surface area contributed by atoms with Gasteiger partial charge in [-0.1, -0.05) is 31.0 Å². The van der Waals surface area contributed by atoms with Crippen LogP contribution in [-0.2, 0) is 16.1 Å². The van der Waals surface area contributed by atoms with E-state index in [4.69, 9.17) is 4.42 Å². The normalized spacial score (nSPS) is 10.9. The number of guanidine groups is 1. The highest BCUT2D eigenvalue weighted by molar-refractivity contribution is 14.0. The number of aliphatic imine (C=N–C) groups is 1.